The van der Waals surface area contributed by atoms with Gasteiger partial charge in [0.2, 0.25) is 5.91 Å². The standard InChI is InChI=1S/C14H16BrFN2O2/c15-12-10(2-1-3-11(12)16)14(20)18-9-6-4-8(5-7-9)13(17)19/h1-3,8-9H,4-7H2,(H2,17,19)(H,18,20). The minimum absolute atomic E-state index is 0.00765. The highest BCUT2D eigenvalue weighted by atomic mass is 79.9. The van der Waals surface area contributed by atoms with Gasteiger partial charge in [-0.25, -0.2) is 4.39 Å². The maximum atomic E-state index is 13.4. The average molecular weight is 343 g/mol. The van der Waals surface area contributed by atoms with Crippen molar-refractivity contribution in [3.8, 4) is 0 Å². The lowest BCUT2D eigenvalue weighted by atomic mass is 9.85. The molecule has 6 heteroatoms. The summed E-state index contributed by atoms with van der Waals surface area (Å²) in [6.45, 7) is 0. The number of primary amides is 1. The number of hydrogen-bond acceptors (Lipinski definition) is 2. The van der Waals surface area contributed by atoms with Crippen molar-refractivity contribution >= 4 is 27.7 Å². The molecule has 0 spiro atoms. The number of amides is 2. The molecule has 1 fully saturated rings. The van der Waals surface area contributed by atoms with Crippen LogP contribution in [0.3, 0.4) is 0 Å². The Hall–Kier alpha value is -1.43. The van der Waals surface area contributed by atoms with Gasteiger partial charge in [-0.15, -0.1) is 0 Å². The zero-order valence-electron chi connectivity index (χ0n) is 10.9. The molecule has 1 aliphatic rings. The van der Waals surface area contributed by atoms with E-state index in [0.29, 0.717) is 25.7 Å². The Morgan fingerprint density at radius 3 is 2.50 bits per heavy atom. The van der Waals surface area contributed by atoms with Gasteiger partial charge in [0.1, 0.15) is 5.82 Å². The summed E-state index contributed by atoms with van der Waals surface area (Å²) >= 11 is 3.08. The maximum Gasteiger partial charge on any atom is 0.252 e. The van der Waals surface area contributed by atoms with Crippen molar-refractivity contribution < 1.29 is 14.0 Å². The van der Waals surface area contributed by atoms with Gasteiger partial charge in [-0.1, -0.05) is 6.07 Å². The van der Waals surface area contributed by atoms with E-state index in [2.05, 4.69) is 21.2 Å². The first kappa shape index (κ1) is 15.0. The zero-order chi connectivity index (χ0) is 14.7. The lowest BCUT2D eigenvalue weighted by molar-refractivity contribution is -0.122. The van der Waals surface area contributed by atoms with Crippen LogP contribution in [0, 0.1) is 11.7 Å². The van der Waals surface area contributed by atoms with Crippen LogP contribution in [-0.4, -0.2) is 17.9 Å². The molecule has 3 N–H and O–H groups in total. The first-order valence-corrected chi connectivity index (χ1v) is 7.32. The van der Waals surface area contributed by atoms with Crippen molar-refractivity contribution in [1.29, 1.82) is 0 Å². The molecule has 1 aromatic carbocycles. The van der Waals surface area contributed by atoms with Crippen molar-refractivity contribution in [2.24, 2.45) is 11.7 Å². The van der Waals surface area contributed by atoms with E-state index in [9.17, 15) is 14.0 Å². The molecule has 1 aromatic rings. The van der Waals surface area contributed by atoms with Crippen LogP contribution in [0.4, 0.5) is 4.39 Å². The first-order chi connectivity index (χ1) is 9.49. The van der Waals surface area contributed by atoms with Gasteiger partial charge in [0.15, 0.2) is 0 Å². The third-order valence-corrected chi connectivity index (χ3v) is 4.47. The summed E-state index contributed by atoms with van der Waals surface area (Å²) in [6, 6.07) is 4.36. The molecule has 0 aliphatic heterocycles. The molecule has 0 heterocycles. The number of nitrogens with two attached hydrogens (primary N) is 1. The molecule has 108 valence electrons. The molecule has 0 unspecified atom stereocenters. The van der Waals surface area contributed by atoms with Crippen LogP contribution in [0.2, 0.25) is 0 Å². The molecule has 0 atom stereocenters. The summed E-state index contributed by atoms with van der Waals surface area (Å²) < 4.78 is 13.5. The second-order valence-corrected chi connectivity index (χ2v) is 5.82. The quantitative estimate of drug-likeness (QED) is 0.884. The minimum atomic E-state index is -0.463. The molecule has 2 amide bonds. The second-order valence-electron chi connectivity index (χ2n) is 5.03. The summed E-state index contributed by atoms with van der Waals surface area (Å²) in [5.74, 6) is -1.14. The topological polar surface area (TPSA) is 72.2 Å². The highest BCUT2D eigenvalue weighted by Crippen LogP contribution is 2.25. The zero-order valence-corrected chi connectivity index (χ0v) is 12.5. The number of hydrogen-bond donors (Lipinski definition) is 2. The van der Waals surface area contributed by atoms with Gasteiger partial charge in [0.25, 0.3) is 5.91 Å². The SMILES string of the molecule is NC(=O)C1CCC(NC(=O)c2cccc(F)c2Br)CC1. The third kappa shape index (κ3) is 3.36. The molecule has 20 heavy (non-hydrogen) atoms. The van der Waals surface area contributed by atoms with Crippen molar-refractivity contribution in [3.63, 3.8) is 0 Å². The van der Waals surface area contributed by atoms with Crippen molar-refractivity contribution in [1.82, 2.24) is 5.32 Å². The summed E-state index contributed by atoms with van der Waals surface area (Å²) in [4.78, 5) is 23.2. The third-order valence-electron chi connectivity index (χ3n) is 3.66. The second kappa shape index (κ2) is 6.35. The lowest BCUT2D eigenvalue weighted by Gasteiger charge is -2.27. The minimum Gasteiger partial charge on any atom is -0.369 e. The van der Waals surface area contributed by atoms with Crippen molar-refractivity contribution in [2.75, 3.05) is 0 Å². The monoisotopic (exact) mass is 342 g/mol. The fourth-order valence-electron chi connectivity index (χ4n) is 2.46. The van der Waals surface area contributed by atoms with Gasteiger partial charge in [-0.05, 0) is 53.7 Å². The maximum absolute atomic E-state index is 13.4. The number of halogens is 2. The predicted octanol–water partition coefficient (Wildman–Crippen LogP) is 2.36. The Balaban J connectivity index is 1.96. The van der Waals surface area contributed by atoms with E-state index in [1.165, 1.54) is 12.1 Å². The molecule has 2 rings (SSSR count). The number of nitrogens with one attached hydrogen (secondary N) is 1. The molecule has 0 saturated heterocycles. The normalized spacial score (nSPS) is 22.3. The Morgan fingerprint density at radius 1 is 1.25 bits per heavy atom. The van der Waals surface area contributed by atoms with Crippen LogP contribution in [0.1, 0.15) is 36.0 Å². The Bertz CT molecular complexity index is 528. The average Bonchev–Trinajstić information content (AvgIpc) is 2.42. The smallest absolute Gasteiger partial charge is 0.252 e. The van der Waals surface area contributed by atoms with Crippen LogP contribution in [0.25, 0.3) is 0 Å². The van der Waals surface area contributed by atoms with E-state index in [4.69, 9.17) is 5.73 Å². The molecule has 0 radical (unpaired) electrons. The van der Waals surface area contributed by atoms with Gasteiger partial charge in [-0.3, -0.25) is 9.59 Å². The first-order valence-electron chi connectivity index (χ1n) is 6.53. The van der Waals surface area contributed by atoms with Crippen molar-refractivity contribution in [3.05, 3.63) is 34.1 Å². The van der Waals surface area contributed by atoms with Crippen molar-refractivity contribution in [2.45, 2.75) is 31.7 Å². The van der Waals surface area contributed by atoms with Crippen LogP contribution in [0.15, 0.2) is 22.7 Å². The Labute approximate surface area is 125 Å². The van der Waals surface area contributed by atoms with Gasteiger partial charge < -0.3 is 11.1 Å². The van der Waals surface area contributed by atoms with Gasteiger partial charge in [0.05, 0.1) is 10.0 Å². The summed E-state index contributed by atoms with van der Waals surface area (Å²) in [5, 5.41) is 2.87. The molecular formula is C14H16BrFN2O2. The Morgan fingerprint density at radius 2 is 1.90 bits per heavy atom. The largest absolute Gasteiger partial charge is 0.369 e. The van der Waals surface area contributed by atoms with E-state index in [-0.39, 0.29) is 33.8 Å². The summed E-state index contributed by atoms with van der Waals surface area (Å²) in [6.07, 6.45) is 2.80. The van der Waals surface area contributed by atoms with Gasteiger partial charge in [-0.2, -0.15) is 0 Å². The molecule has 1 saturated carbocycles. The highest BCUT2D eigenvalue weighted by molar-refractivity contribution is 9.10. The molecule has 0 bridgehead atoms. The van der Waals surface area contributed by atoms with E-state index >= 15 is 0 Å². The fourth-order valence-corrected chi connectivity index (χ4v) is 2.91. The summed E-state index contributed by atoms with van der Waals surface area (Å²) in [5.41, 5.74) is 5.55. The highest BCUT2D eigenvalue weighted by Gasteiger charge is 2.26. The number of carbonyl (C=O) groups is 2. The summed E-state index contributed by atoms with van der Waals surface area (Å²) in [7, 11) is 0. The molecule has 1 aliphatic carbocycles. The van der Waals surface area contributed by atoms with Crippen LogP contribution in [-0.2, 0) is 4.79 Å². The van der Waals surface area contributed by atoms with E-state index < -0.39 is 5.82 Å². The van der Waals surface area contributed by atoms with Crippen LogP contribution < -0.4 is 11.1 Å². The molecule has 4 nitrogen and oxygen atoms in total. The number of rotatable bonds is 3. The van der Waals surface area contributed by atoms with E-state index in [1.54, 1.807) is 6.07 Å². The fraction of sp³-hybridized carbons (Fsp3) is 0.429. The predicted molar refractivity (Wildman–Crippen MR) is 76.5 cm³/mol. The molecule has 0 aromatic heterocycles. The van der Waals surface area contributed by atoms with Crippen LogP contribution >= 0.6 is 15.9 Å². The Kier molecular flexibility index (Phi) is 4.75. The van der Waals surface area contributed by atoms with Crippen LogP contribution in [0.5, 0.6) is 0 Å². The van der Waals surface area contributed by atoms with E-state index in [0.717, 1.165) is 0 Å². The van der Waals surface area contributed by atoms with Gasteiger partial charge in [0, 0.05) is 12.0 Å². The van der Waals surface area contributed by atoms with Gasteiger partial charge >= 0.3 is 0 Å². The van der Waals surface area contributed by atoms with E-state index in [1.807, 2.05) is 0 Å². The molecular weight excluding hydrogens is 327 g/mol. The number of benzene rings is 1. The number of carbonyl (C=O) groups excluding carboxylic acids is 2. The lowest BCUT2D eigenvalue weighted by Crippen LogP contribution is -2.39.